The molecule has 0 N–H and O–H groups in total. The van der Waals surface area contributed by atoms with E-state index in [1.165, 1.54) is 11.0 Å². The molecular weight excluding hydrogens is 354 g/mol. The highest BCUT2D eigenvalue weighted by molar-refractivity contribution is 9.10. The van der Waals surface area contributed by atoms with Crippen molar-refractivity contribution in [1.82, 2.24) is 4.90 Å². The van der Waals surface area contributed by atoms with Gasteiger partial charge in [-0.2, -0.15) is 13.2 Å². The Morgan fingerprint density at radius 1 is 1.29 bits per heavy atom. The first-order chi connectivity index (χ1) is 9.77. The van der Waals surface area contributed by atoms with E-state index in [-0.39, 0.29) is 35.3 Å². The van der Waals surface area contributed by atoms with Gasteiger partial charge < -0.3 is 4.90 Å². The van der Waals surface area contributed by atoms with Crippen LogP contribution in [0.1, 0.15) is 23.5 Å². The Morgan fingerprint density at radius 2 is 1.95 bits per heavy atom. The van der Waals surface area contributed by atoms with Crippen molar-refractivity contribution in [3.05, 3.63) is 33.8 Å². The number of carbonyl (C=O) groups is 1. The minimum atomic E-state index is -4.43. The molecule has 2 unspecified atom stereocenters. The molecule has 1 aromatic rings. The molecule has 0 radical (unpaired) electrons. The van der Waals surface area contributed by atoms with E-state index in [4.69, 9.17) is 0 Å². The first-order valence-electron chi connectivity index (χ1n) is 6.57. The fourth-order valence-corrected chi connectivity index (χ4v) is 3.14. The predicted octanol–water partition coefficient (Wildman–Crippen LogP) is 3.75. The van der Waals surface area contributed by atoms with Gasteiger partial charge in [-0.3, -0.25) is 4.79 Å². The van der Waals surface area contributed by atoms with Crippen molar-refractivity contribution < 1.29 is 22.4 Å². The van der Waals surface area contributed by atoms with Crippen LogP contribution in [0.3, 0.4) is 0 Å². The third-order valence-corrected chi connectivity index (χ3v) is 4.67. The van der Waals surface area contributed by atoms with Crippen LogP contribution in [0.25, 0.3) is 0 Å². The second-order valence-electron chi connectivity index (χ2n) is 5.53. The average Bonchev–Trinajstić information content (AvgIpc) is 3.13. The summed E-state index contributed by atoms with van der Waals surface area (Å²) in [6.45, 7) is 0.215. The van der Waals surface area contributed by atoms with Crippen molar-refractivity contribution in [3.63, 3.8) is 0 Å². The van der Waals surface area contributed by atoms with E-state index >= 15 is 0 Å². The van der Waals surface area contributed by atoms with Gasteiger partial charge in [0.05, 0.1) is 18.7 Å². The minimum absolute atomic E-state index is 0.00899. The smallest absolute Gasteiger partial charge is 0.336 e. The maximum Gasteiger partial charge on any atom is 0.417 e. The normalized spacial score (nSPS) is 25.7. The highest BCUT2D eigenvalue weighted by atomic mass is 79.9. The molecule has 3 rings (SSSR count). The van der Waals surface area contributed by atoms with Gasteiger partial charge >= 0.3 is 6.18 Å². The van der Waals surface area contributed by atoms with Crippen molar-refractivity contribution in [3.8, 4) is 0 Å². The zero-order valence-corrected chi connectivity index (χ0v) is 12.4. The number of rotatable bonds is 2. The Morgan fingerprint density at radius 3 is 2.52 bits per heavy atom. The van der Waals surface area contributed by atoms with Crippen molar-refractivity contribution in [2.45, 2.75) is 24.7 Å². The molecule has 2 fully saturated rings. The Hall–Kier alpha value is -1.11. The number of alkyl halides is 4. The van der Waals surface area contributed by atoms with Crippen molar-refractivity contribution >= 4 is 21.8 Å². The summed E-state index contributed by atoms with van der Waals surface area (Å²) in [6.07, 6.45) is -4.86. The maximum atomic E-state index is 12.9. The molecule has 1 heterocycles. The van der Waals surface area contributed by atoms with Crippen molar-refractivity contribution in [1.29, 1.82) is 0 Å². The van der Waals surface area contributed by atoms with Crippen LogP contribution in [-0.4, -0.2) is 30.1 Å². The topological polar surface area (TPSA) is 20.3 Å². The van der Waals surface area contributed by atoms with Gasteiger partial charge in [0.2, 0.25) is 5.91 Å². The summed E-state index contributed by atoms with van der Waals surface area (Å²) in [4.78, 5) is 13.4. The second-order valence-corrected chi connectivity index (χ2v) is 6.38. The highest BCUT2D eigenvalue weighted by Gasteiger charge is 2.48. The van der Waals surface area contributed by atoms with Gasteiger partial charge in [-0.15, -0.1) is 0 Å². The van der Waals surface area contributed by atoms with E-state index in [1.807, 2.05) is 0 Å². The summed E-state index contributed by atoms with van der Waals surface area (Å²) in [5.41, 5.74) is -0.216. The van der Waals surface area contributed by atoms with Crippen LogP contribution in [0.5, 0.6) is 0 Å². The fourth-order valence-electron chi connectivity index (χ4n) is 2.67. The number of carbonyl (C=O) groups excluding carboxylic acids is 1. The molecule has 1 saturated heterocycles. The van der Waals surface area contributed by atoms with Crippen LogP contribution >= 0.6 is 15.9 Å². The minimum Gasteiger partial charge on any atom is -0.336 e. The van der Waals surface area contributed by atoms with Crippen LogP contribution in [0.2, 0.25) is 0 Å². The molecule has 0 spiro atoms. The zero-order valence-electron chi connectivity index (χ0n) is 10.8. The standard InChI is InChI=1S/C14H12BrF4NO/c15-12-2-1-7(3-11(12)14(17,18)19)9-4-10(9)13(21)20-5-8(16)6-20/h1-3,8-10H,4-6H2. The van der Waals surface area contributed by atoms with Gasteiger partial charge in [0.1, 0.15) is 6.17 Å². The van der Waals surface area contributed by atoms with E-state index in [0.29, 0.717) is 12.0 Å². The lowest BCUT2D eigenvalue weighted by Gasteiger charge is -2.34. The monoisotopic (exact) mass is 365 g/mol. The number of halogens is 5. The molecule has 1 aliphatic carbocycles. The molecule has 0 aromatic heterocycles. The number of hydrogen-bond acceptors (Lipinski definition) is 1. The number of nitrogens with zero attached hydrogens (tertiary/aromatic N) is 1. The van der Waals surface area contributed by atoms with Gasteiger partial charge in [-0.05, 0) is 30.0 Å². The third kappa shape index (κ3) is 2.80. The maximum absolute atomic E-state index is 12.9. The SMILES string of the molecule is O=C(C1CC1c1ccc(Br)c(C(F)(F)F)c1)N1CC(F)C1. The Labute approximate surface area is 127 Å². The van der Waals surface area contributed by atoms with E-state index in [0.717, 1.165) is 6.07 Å². The van der Waals surface area contributed by atoms with E-state index in [2.05, 4.69) is 15.9 Å². The molecule has 21 heavy (non-hydrogen) atoms. The molecule has 2 atom stereocenters. The fraction of sp³-hybridized carbons (Fsp3) is 0.500. The Kier molecular flexibility index (Phi) is 3.50. The van der Waals surface area contributed by atoms with E-state index in [9.17, 15) is 22.4 Å². The summed E-state index contributed by atoms with van der Waals surface area (Å²) in [7, 11) is 0. The van der Waals surface area contributed by atoms with Gasteiger partial charge in [-0.1, -0.05) is 22.0 Å². The van der Waals surface area contributed by atoms with Gasteiger partial charge in [-0.25, -0.2) is 4.39 Å². The Balaban J connectivity index is 1.73. The Bertz CT molecular complexity index is 583. The summed E-state index contributed by atoms with van der Waals surface area (Å²) < 4.78 is 51.3. The average molecular weight is 366 g/mol. The first kappa shape index (κ1) is 14.8. The molecule has 7 heteroatoms. The number of hydrogen-bond donors (Lipinski definition) is 0. The second kappa shape index (κ2) is 4.97. The number of amides is 1. The molecule has 2 nitrogen and oxygen atoms in total. The molecule has 1 amide bonds. The quantitative estimate of drug-likeness (QED) is 0.731. The summed E-state index contributed by atoms with van der Waals surface area (Å²) in [5, 5.41) is 0. The van der Waals surface area contributed by atoms with Gasteiger partial charge in [0, 0.05) is 10.4 Å². The highest BCUT2D eigenvalue weighted by Crippen LogP contribution is 2.50. The molecule has 114 valence electrons. The number of likely N-dealkylation sites (tertiary alicyclic amines) is 1. The van der Waals surface area contributed by atoms with Crippen LogP contribution in [0.4, 0.5) is 17.6 Å². The molecular formula is C14H12BrF4NO. The van der Waals surface area contributed by atoms with Gasteiger partial charge in [0.25, 0.3) is 0 Å². The lowest BCUT2D eigenvalue weighted by atomic mass is 10.0. The lowest BCUT2D eigenvalue weighted by molar-refractivity contribution is -0.139. The lowest BCUT2D eigenvalue weighted by Crippen LogP contribution is -2.52. The summed E-state index contributed by atoms with van der Waals surface area (Å²) >= 11 is 2.89. The summed E-state index contributed by atoms with van der Waals surface area (Å²) in [6, 6.07) is 4.06. The third-order valence-electron chi connectivity index (χ3n) is 3.98. The van der Waals surface area contributed by atoms with Crippen LogP contribution < -0.4 is 0 Å². The molecule has 1 aromatic carbocycles. The zero-order chi connectivity index (χ0) is 15.4. The molecule has 1 aliphatic heterocycles. The van der Waals surface area contributed by atoms with Crippen LogP contribution in [-0.2, 0) is 11.0 Å². The van der Waals surface area contributed by atoms with Gasteiger partial charge in [0.15, 0.2) is 0 Å². The van der Waals surface area contributed by atoms with E-state index < -0.39 is 17.9 Å². The molecule has 1 saturated carbocycles. The van der Waals surface area contributed by atoms with Crippen molar-refractivity contribution in [2.75, 3.05) is 13.1 Å². The van der Waals surface area contributed by atoms with Crippen LogP contribution in [0.15, 0.2) is 22.7 Å². The molecule has 0 bridgehead atoms. The predicted molar refractivity (Wildman–Crippen MR) is 71.5 cm³/mol. The molecule has 2 aliphatic rings. The van der Waals surface area contributed by atoms with E-state index in [1.54, 1.807) is 6.07 Å². The largest absolute Gasteiger partial charge is 0.417 e. The van der Waals surface area contributed by atoms with Crippen molar-refractivity contribution in [2.24, 2.45) is 5.92 Å². The summed E-state index contributed by atoms with van der Waals surface area (Å²) in [5.74, 6) is -0.643. The first-order valence-corrected chi connectivity index (χ1v) is 7.36. The van der Waals surface area contributed by atoms with Crippen LogP contribution in [0, 0.1) is 5.92 Å². The number of benzene rings is 1.